The van der Waals surface area contributed by atoms with Gasteiger partial charge >= 0.3 is 0 Å². The summed E-state index contributed by atoms with van der Waals surface area (Å²) in [5.74, 6) is 2.82. The molecule has 0 amide bonds. The van der Waals surface area contributed by atoms with Gasteiger partial charge in [0.15, 0.2) is 0 Å². The van der Waals surface area contributed by atoms with Crippen molar-refractivity contribution in [3.05, 3.63) is 54.6 Å². The second-order valence-electron chi connectivity index (χ2n) is 4.54. The van der Waals surface area contributed by atoms with Gasteiger partial charge in [0.2, 0.25) is 0 Å². The molecule has 100 valence electrons. The quantitative estimate of drug-likeness (QED) is 0.862. The van der Waals surface area contributed by atoms with Crippen molar-refractivity contribution in [2.24, 2.45) is 11.7 Å². The molecule has 2 aromatic rings. The molecule has 0 aromatic heterocycles. The summed E-state index contributed by atoms with van der Waals surface area (Å²) >= 11 is 0. The lowest BCUT2D eigenvalue weighted by Gasteiger charge is -2.11. The predicted molar refractivity (Wildman–Crippen MR) is 76.7 cm³/mol. The average molecular weight is 257 g/mol. The van der Waals surface area contributed by atoms with Crippen LogP contribution < -0.4 is 15.2 Å². The number of hydrogen-bond acceptors (Lipinski definition) is 3. The Balaban J connectivity index is 1.91. The Morgan fingerprint density at radius 1 is 0.895 bits per heavy atom. The Kier molecular flexibility index (Phi) is 4.81. The van der Waals surface area contributed by atoms with Crippen molar-refractivity contribution in [2.45, 2.75) is 6.92 Å². The lowest BCUT2D eigenvalue weighted by Crippen LogP contribution is -2.18. The molecule has 0 spiro atoms. The molecule has 0 aliphatic heterocycles. The third-order valence-corrected chi connectivity index (χ3v) is 2.74. The molecule has 0 bridgehead atoms. The molecule has 1 atom stereocenters. The Hall–Kier alpha value is -2.00. The minimum atomic E-state index is 0.361. The van der Waals surface area contributed by atoms with E-state index in [9.17, 15) is 0 Å². The first-order valence-electron chi connectivity index (χ1n) is 6.44. The van der Waals surface area contributed by atoms with Crippen molar-refractivity contribution in [3.63, 3.8) is 0 Å². The van der Waals surface area contributed by atoms with E-state index in [1.54, 1.807) is 0 Å². The summed E-state index contributed by atoms with van der Waals surface area (Å²) < 4.78 is 11.3. The van der Waals surface area contributed by atoms with Crippen LogP contribution in [0, 0.1) is 5.92 Å². The molecule has 19 heavy (non-hydrogen) atoms. The van der Waals surface area contributed by atoms with Crippen molar-refractivity contribution in [1.82, 2.24) is 0 Å². The highest BCUT2D eigenvalue weighted by molar-refractivity contribution is 5.35. The van der Waals surface area contributed by atoms with Crippen LogP contribution in [-0.4, -0.2) is 13.2 Å². The molecule has 2 rings (SSSR count). The molecule has 3 heteroatoms. The van der Waals surface area contributed by atoms with Gasteiger partial charge in [-0.05, 0) is 42.9 Å². The van der Waals surface area contributed by atoms with E-state index in [0.29, 0.717) is 19.1 Å². The summed E-state index contributed by atoms with van der Waals surface area (Å²) in [5, 5.41) is 0. The third-order valence-electron chi connectivity index (χ3n) is 2.74. The first-order valence-corrected chi connectivity index (χ1v) is 6.44. The summed E-state index contributed by atoms with van der Waals surface area (Å²) in [4.78, 5) is 0. The first kappa shape index (κ1) is 13.4. The van der Waals surface area contributed by atoms with Crippen molar-refractivity contribution in [1.29, 1.82) is 0 Å². The molecule has 2 N–H and O–H groups in total. The molecular formula is C16H19NO2. The van der Waals surface area contributed by atoms with Gasteiger partial charge in [-0.3, -0.25) is 0 Å². The highest BCUT2D eigenvalue weighted by atomic mass is 16.5. The number of para-hydroxylation sites is 1. The van der Waals surface area contributed by atoms with Gasteiger partial charge < -0.3 is 15.2 Å². The molecule has 0 saturated heterocycles. The minimum absolute atomic E-state index is 0.361. The minimum Gasteiger partial charge on any atom is -0.493 e. The van der Waals surface area contributed by atoms with Crippen LogP contribution in [0.15, 0.2) is 54.6 Å². The average Bonchev–Trinajstić information content (AvgIpc) is 2.47. The Labute approximate surface area is 114 Å². The topological polar surface area (TPSA) is 44.5 Å². The molecule has 0 saturated carbocycles. The summed E-state index contributed by atoms with van der Waals surface area (Å²) in [5.41, 5.74) is 5.55. The van der Waals surface area contributed by atoms with Gasteiger partial charge in [-0.15, -0.1) is 0 Å². The van der Waals surface area contributed by atoms with E-state index in [1.165, 1.54) is 0 Å². The predicted octanol–water partition coefficient (Wildman–Crippen LogP) is 3.45. The van der Waals surface area contributed by atoms with E-state index in [2.05, 4.69) is 6.92 Å². The number of ether oxygens (including phenoxy) is 2. The molecule has 0 aliphatic rings. The molecular weight excluding hydrogens is 238 g/mol. The lowest BCUT2D eigenvalue weighted by atomic mass is 10.2. The highest BCUT2D eigenvalue weighted by Gasteiger charge is 2.01. The summed E-state index contributed by atoms with van der Waals surface area (Å²) in [6.45, 7) is 3.33. The van der Waals surface area contributed by atoms with Crippen LogP contribution in [0.1, 0.15) is 6.92 Å². The van der Waals surface area contributed by atoms with Crippen molar-refractivity contribution >= 4 is 0 Å². The van der Waals surface area contributed by atoms with Crippen LogP contribution in [0.2, 0.25) is 0 Å². The summed E-state index contributed by atoms with van der Waals surface area (Å²) in [7, 11) is 0. The van der Waals surface area contributed by atoms with Gasteiger partial charge in [0, 0.05) is 5.92 Å². The maximum Gasteiger partial charge on any atom is 0.127 e. The third kappa shape index (κ3) is 4.30. The van der Waals surface area contributed by atoms with Gasteiger partial charge in [0.05, 0.1) is 6.61 Å². The normalized spacial score (nSPS) is 11.9. The van der Waals surface area contributed by atoms with Crippen LogP contribution in [0.5, 0.6) is 17.2 Å². The van der Waals surface area contributed by atoms with Gasteiger partial charge in [0.1, 0.15) is 17.2 Å². The molecule has 2 aromatic carbocycles. The number of hydrogen-bond donors (Lipinski definition) is 1. The standard InChI is InChI=1S/C16H19NO2/c1-13(11-17)12-18-14-7-9-16(10-8-14)19-15-5-3-2-4-6-15/h2-10,13H,11-12,17H2,1H3. The number of nitrogens with two attached hydrogens (primary N) is 1. The van der Waals surface area contributed by atoms with Crippen molar-refractivity contribution in [2.75, 3.05) is 13.2 Å². The number of rotatable bonds is 6. The lowest BCUT2D eigenvalue weighted by molar-refractivity contribution is 0.263. The van der Waals surface area contributed by atoms with Gasteiger partial charge in [0.25, 0.3) is 0 Å². The van der Waals surface area contributed by atoms with Crippen LogP contribution in [0.25, 0.3) is 0 Å². The van der Waals surface area contributed by atoms with Crippen LogP contribution in [-0.2, 0) is 0 Å². The van der Waals surface area contributed by atoms with Crippen molar-refractivity contribution in [3.8, 4) is 17.2 Å². The Morgan fingerprint density at radius 3 is 2.11 bits per heavy atom. The smallest absolute Gasteiger partial charge is 0.127 e. The van der Waals surface area contributed by atoms with Crippen LogP contribution >= 0.6 is 0 Å². The molecule has 1 unspecified atom stereocenters. The summed E-state index contributed by atoms with van der Waals surface area (Å²) in [6, 6.07) is 17.3. The zero-order valence-electron chi connectivity index (χ0n) is 11.1. The van der Waals surface area contributed by atoms with Gasteiger partial charge in [-0.1, -0.05) is 25.1 Å². The number of benzene rings is 2. The largest absolute Gasteiger partial charge is 0.493 e. The summed E-state index contributed by atoms with van der Waals surface area (Å²) in [6.07, 6.45) is 0. The zero-order valence-corrected chi connectivity index (χ0v) is 11.1. The second-order valence-corrected chi connectivity index (χ2v) is 4.54. The van der Waals surface area contributed by atoms with E-state index in [-0.39, 0.29) is 0 Å². The van der Waals surface area contributed by atoms with E-state index < -0.39 is 0 Å². The highest BCUT2D eigenvalue weighted by Crippen LogP contribution is 2.23. The fourth-order valence-electron chi connectivity index (χ4n) is 1.54. The maximum absolute atomic E-state index is 5.70. The Bertz CT molecular complexity index is 482. The molecule has 0 fully saturated rings. The van der Waals surface area contributed by atoms with Gasteiger partial charge in [-0.2, -0.15) is 0 Å². The fourth-order valence-corrected chi connectivity index (χ4v) is 1.54. The van der Waals surface area contributed by atoms with Crippen LogP contribution in [0.3, 0.4) is 0 Å². The van der Waals surface area contributed by atoms with E-state index in [4.69, 9.17) is 15.2 Å². The zero-order chi connectivity index (χ0) is 13.5. The monoisotopic (exact) mass is 257 g/mol. The molecule has 0 aliphatic carbocycles. The molecule has 3 nitrogen and oxygen atoms in total. The van der Waals surface area contributed by atoms with Gasteiger partial charge in [-0.25, -0.2) is 0 Å². The van der Waals surface area contributed by atoms with Crippen LogP contribution in [0.4, 0.5) is 0 Å². The SMILES string of the molecule is CC(CN)COc1ccc(Oc2ccccc2)cc1. The first-order chi connectivity index (χ1) is 9.28. The van der Waals surface area contributed by atoms with Crippen molar-refractivity contribution < 1.29 is 9.47 Å². The van der Waals surface area contributed by atoms with E-state index in [0.717, 1.165) is 17.2 Å². The molecule has 0 heterocycles. The maximum atomic E-state index is 5.70. The fraction of sp³-hybridized carbons (Fsp3) is 0.250. The van der Waals surface area contributed by atoms with E-state index >= 15 is 0 Å². The molecule has 0 radical (unpaired) electrons. The Morgan fingerprint density at radius 2 is 1.47 bits per heavy atom. The van der Waals surface area contributed by atoms with E-state index in [1.807, 2.05) is 54.6 Å². The second kappa shape index (κ2) is 6.81.